The van der Waals surface area contributed by atoms with Crippen molar-refractivity contribution in [1.29, 1.82) is 0 Å². The SMILES string of the molecule is CCC(Nc1c(F)cc(F)cc1F)c1cccc(F)c1. The molecule has 0 aliphatic heterocycles. The van der Waals surface area contributed by atoms with Crippen LogP contribution < -0.4 is 5.32 Å². The fourth-order valence-electron chi connectivity index (χ4n) is 2.00. The third-order valence-electron chi connectivity index (χ3n) is 2.98. The van der Waals surface area contributed by atoms with Crippen molar-refractivity contribution in [3.05, 3.63) is 65.2 Å². The second-order valence-corrected chi connectivity index (χ2v) is 4.40. The average molecular weight is 283 g/mol. The monoisotopic (exact) mass is 283 g/mol. The van der Waals surface area contributed by atoms with Crippen molar-refractivity contribution in [2.75, 3.05) is 5.32 Å². The summed E-state index contributed by atoms with van der Waals surface area (Å²) < 4.78 is 53.2. The number of hydrogen-bond donors (Lipinski definition) is 1. The molecule has 0 spiro atoms. The highest BCUT2D eigenvalue weighted by Crippen LogP contribution is 2.27. The molecule has 0 aliphatic carbocycles. The van der Waals surface area contributed by atoms with Crippen molar-refractivity contribution < 1.29 is 17.6 Å². The lowest BCUT2D eigenvalue weighted by Crippen LogP contribution is -2.12. The Morgan fingerprint density at radius 3 is 2.15 bits per heavy atom. The van der Waals surface area contributed by atoms with Gasteiger partial charge in [-0.3, -0.25) is 0 Å². The Bertz CT molecular complexity index is 590. The van der Waals surface area contributed by atoms with Crippen molar-refractivity contribution in [2.24, 2.45) is 0 Å². The molecule has 2 aromatic rings. The standard InChI is InChI=1S/C15H13F4N/c1-2-14(9-4-3-5-10(16)6-9)20-15-12(18)7-11(17)8-13(15)19/h3-8,14,20H,2H2,1H3. The molecule has 0 bridgehead atoms. The molecule has 5 heteroatoms. The van der Waals surface area contributed by atoms with E-state index in [9.17, 15) is 17.6 Å². The second kappa shape index (κ2) is 5.94. The third kappa shape index (κ3) is 3.10. The predicted octanol–water partition coefficient (Wildman–Crippen LogP) is 4.81. The smallest absolute Gasteiger partial charge is 0.152 e. The zero-order valence-electron chi connectivity index (χ0n) is 10.8. The maximum atomic E-state index is 13.6. The molecule has 20 heavy (non-hydrogen) atoms. The molecule has 2 rings (SSSR count). The maximum Gasteiger partial charge on any atom is 0.152 e. The Morgan fingerprint density at radius 2 is 1.60 bits per heavy atom. The first-order valence-corrected chi connectivity index (χ1v) is 6.17. The fourth-order valence-corrected chi connectivity index (χ4v) is 2.00. The molecule has 0 aromatic heterocycles. The van der Waals surface area contributed by atoms with E-state index in [1.54, 1.807) is 13.0 Å². The summed E-state index contributed by atoms with van der Waals surface area (Å²) in [7, 11) is 0. The van der Waals surface area contributed by atoms with Crippen LogP contribution in [0.25, 0.3) is 0 Å². The summed E-state index contributed by atoms with van der Waals surface area (Å²) >= 11 is 0. The number of anilines is 1. The Labute approximate surface area is 114 Å². The zero-order chi connectivity index (χ0) is 14.7. The zero-order valence-corrected chi connectivity index (χ0v) is 10.8. The number of halogens is 4. The van der Waals surface area contributed by atoms with Crippen LogP contribution in [0.3, 0.4) is 0 Å². The van der Waals surface area contributed by atoms with E-state index in [1.165, 1.54) is 18.2 Å². The van der Waals surface area contributed by atoms with Gasteiger partial charge in [0.05, 0.1) is 6.04 Å². The Kier molecular flexibility index (Phi) is 4.27. The molecule has 0 radical (unpaired) electrons. The lowest BCUT2D eigenvalue weighted by atomic mass is 10.0. The van der Waals surface area contributed by atoms with Gasteiger partial charge in [-0.1, -0.05) is 19.1 Å². The summed E-state index contributed by atoms with van der Waals surface area (Å²) in [6.45, 7) is 1.79. The van der Waals surface area contributed by atoms with Crippen molar-refractivity contribution in [3.63, 3.8) is 0 Å². The summed E-state index contributed by atoms with van der Waals surface area (Å²) in [4.78, 5) is 0. The summed E-state index contributed by atoms with van der Waals surface area (Å²) in [5, 5.41) is 2.65. The molecule has 0 amide bonds. The van der Waals surface area contributed by atoms with E-state index < -0.39 is 35.0 Å². The van der Waals surface area contributed by atoms with Crippen molar-refractivity contribution in [3.8, 4) is 0 Å². The molecule has 2 aromatic carbocycles. The van der Waals surface area contributed by atoms with Crippen LogP contribution in [-0.4, -0.2) is 0 Å². The van der Waals surface area contributed by atoms with Gasteiger partial charge in [-0.2, -0.15) is 0 Å². The van der Waals surface area contributed by atoms with Crippen LogP contribution in [0.2, 0.25) is 0 Å². The molecule has 1 N–H and O–H groups in total. The van der Waals surface area contributed by atoms with Crippen LogP contribution >= 0.6 is 0 Å². The molecule has 0 heterocycles. The van der Waals surface area contributed by atoms with E-state index in [2.05, 4.69) is 5.32 Å². The number of nitrogens with one attached hydrogen (secondary N) is 1. The molecule has 1 nitrogen and oxygen atoms in total. The summed E-state index contributed by atoms with van der Waals surface area (Å²) in [6.07, 6.45) is 0.486. The quantitative estimate of drug-likeness (QED) is 0.794. The number of rotatable bonds is 4. The molecule has 0 saturated heterocycles. The molecule has 0 fully saturated rings. The lowest BCUT2D eigenvalue weighted by molar-refractivity contribution is 0.543. The normalized spacial score (nSPS) is 12.2. The maximum absolute atomic E-state index is 13.6. The Morgan fingerprint density at radius 1 is 0.950 bits per heavy atom. The van der Waals surface area contributed by atoms with Gasteiger partial charge in [0.1, 0.15) is 17.3 Å². The van der Waals surface area contributed by atoms with Crippen LogP contribution in [0.1, 0.15) is 24.9 Å². The van der Waals surface area contributed by atoms with Crippen LogP contribution in [-0.2, 0) is 0 Å². The van der Waals surface area contributed by atoms with Gasteiger partial charge in [-0.05, 0) is 24.1 Å². The highest BCUT2D eigenvalue weighted by atomic mass is 19.1. The molecular formula is C15H13F4N. The molecular weight excluding hydrogens is 270 g/mol. The van der Waals surface area contributed by atoms with E-state index in [1.807, 2.05) is 0 Å². The first-order chi connectivity index (χ1) is 9.51. The van der Waals surface area contributed by atoms with Gasteiger partial charge in [-0.15, -0.1) is 0 Å². The largest absolute Gasteiger partial charge is 0.373 e. The van der Waals surface area contributed by atoms with E-state index in [0.717, 1.165) is 0 Å². The van der Waals surface area contributed by atoms with Crippen LogP contribution in [0.4, 0.5) is 23.2 Å². The third-order valence-corrected chi connectivity index (χ3v) is 2.98. The van der Waals surface area contributed by atoms with Gasteiger partial charge in [-0.25, -0.2) is 17.6 Å². The lowest BCUT2D eigenvalue weighted by Gasteiger charge is -2.19. The predicted molar refractivity (Wildman–Crippen MR) is 69.4 cm³/mol. The van der Waals surface area contributed by atoms with Gasteiger partial charge in [0.25, 0.3) is 0 Å². The Hall–Kier alpha value is -2.04. The highest BCUT2D eigenvalue weighted by molar-refractivity contribution is 5.48. The van der Waals surface area contributed by atoms with E-state index >= 15 is 0 Å². The molecule has 1 unspecified atom stereocenters. The van der Waals surface area contributed by atoms with Crippen molar-refractivity contribution in [1.82, 2.24) is 0 Å². The van der Waals surface area contributed by atoms with E-state index in [0.29, 0.717) is 24.1 Å². The first kappa shape index (κ1) is 14.4. The van der Waals surface area contributed by atoms with Crippen molar-refractivity contribution >= 4 is 5.69 Å². The van der Waals surface area contributed by atoms with E-state index in [4.69, 9.17) is 0 Å². The highest BCUT2D eigenvalue weighted by Gasteiger charge is 2.16. The summed E-state index contributed by atoms with van der Waals surface area (Å²) in [5.74, 6) is -3.44. The second-order valence-electron chi connectivity index (χ2n) is 4.40. The van der Waals surface area contributed by atoms with Gasteiger partial charge in [0.15, 0.2) is 11.6 Å². The average Bonchev–Trinajstić information content (AvgIpc) is 2.38. The summed E-state index contributed by atoms with van der Waals surface area (Å²) in [5.41, 5.74) is 0.151. The number of benzene rings is 2. The van der Waals surface area contributed by atoms with Gasteiger partial charge >= 0.3 is 0 Å². The topological polar surface area (TPSA) is 12.0 Å². The van der Waals surface area contributed by atoms with Crippen LogP contribution in [0, 0.1) is 23.3 Å². The summed E-state index contributed by atoms with van der Waals surface area (Å²) in [6, 6.07) is 6.49. The van der Waals surface area contributed by atoms with Crippen LogP contribution in [0.15, 0.2) is 36.4 Å². The minimum Gasteiger partial charge on any atom is -0.373 e. The molecule has 106 valence electrons. The Balaban J connectivity index is 2.32. The van der Waals surface area contributed by atoms with E-state index in [-0.39, 0.29) is 0 Å². The number of hydrogen-bond acceptors (Lipinski definition) is 1. The van der Waals surface area contributed by atoms with Crippen molar-refractivity contribution in [2.45, 2.75) is 19.4 Å². The first-order valence-electron chi connectivity index (χ1n) is 6.17. The van der Waals surface area contributed by atoms with Gasteiger partial charge in [0, 0.05) is 12.1 Å². The molecule has 1 atom stereocenters. The van der Waals surface area contributed by atoms with Gasteiger partial charge in [0.2, 0.25) is 0 Å². The minimum absolute atomic E-state index is 0.414. The van der Waals surface area contributed by atoms with Gasteiger partial charge < -0.3 is 5.32 Å². The molecule has 0 aliphatic rings. The van der Waals surface area contributed by atoms with Crippen LogP contribution in [0.5, 0.6) is 0 Å². The minimum atomic E-state index is -1.02. The fraction of sp³-hybridized carbons (Fsp3) is 0.200. The molecule has 0 saturated carbocycles.